The first kappa shape index (κ1) is 20.1. The molecule has 150 valence electrons. The highest BCUT2D eigenvalue weighted by Crippen LogP contribution is 2.24. The van der Waals surface area contributed by atoms with E-state index in [1.54, 1.807) is 51.0 Å². The molecule has 0 aliphatic rings. The minimum absolute atomic E-state index is 0.175. The number of carbonyl (C=O) groups excluding carboxylic acids is 2. The van der Waals surface area contributed by atoms with E-state index in [2.05, 4.69) is 9.97 Å². The number of aromatic amines is 1. The fourth-order valence-electron chi connectivity index (χ4n) is 3.33. The van der Waals surface area contributed by atoms with Crippen molar-refractivity contribution in [2.45, 2.75) is 54.2 Å². The second kappa shape index (κ2) is 7.43. The topological polar surface area (TPSA) is 79.7 Å². The van der Waals surface area contributed by atoms with Crippen LogP contribution in [0.2, 0.25) is 0 Å². The summed E-state index contributed by atoms with van der Waals surface area (Å²) in [7, 11) is 1.75. The number of amides is 1. The lowest BCUT2D eigenvalue weighted by atomic mass is 10.1. The van der Waals surface area contributed by atoms with Crippen molar-refractivity contribution in [2.75, 3.05) is 7.05 Å². The van der Waals surface area contributed by atoms with Gasteiger partial charge in [-0.1, -0.05) is 0 Å². The minimum Gasteiger partial charge on any atom is -0.459 e. The van der Waals surface area contributed by atoms with Crippen LogP contribution in [0.5, 0.6) is 0 Å². The molecule has 0 atom stereocenters. The van der Waals surface area contributed by atoms with Gasteiger partial charge in [0.05, 0.1) is 29.6 Å². The highest BCUT2D eigenvalue weighted by Gasteiger charge is 2.26. The average molecular weight is 403 g/mol. The summed E-state index contributed by atoms with van der Waals surface area (Å²) in [5.74, 6) is -0.587. The van der Waals surface area contributed by atoms with Crippen molar-refractivity contribution < 1.29 is 14.3 Å². The van der Waals surface area contributed by atoms with E-state index in [0.717, 1.165) is 16.3 Å². The molecular formula is C20H26N4O3S. The molecule has 1 N–H and O–H groups in total. The Bertz CT molecular complexity index is 1060. The van der Waals surface area contributed by atoms with Crippen LogP contribution in [0.3, 0.4) is 0 Å². The molecule has 3 aromatic rings. The van der Waals surface area contributed by atoms with Gasteiger partial charge in [-0.15, -0.1) is 11.3 Å². The molecule has 3 heterocycles. The Morgan fingerprint density at radius 3 is 2.61 bits per heavy atom. The Balaban J connectivity index is 1.87. The number of fused-ring (bicyclic) bond motifs is 1. The van der Waals surface area contributed by atoms with Crippen molar-refractivity contribution in [3.8, 4) is 0 Å². The smallest absolute Gasteiger partial charge is 0.340 e. The van der Waals surface area contributed by atoms with Gasteiger partial charge < -0.3 is 14.6 Å². The average Bonchev–Trinajstić information content (AvgIpc) is 3.18. The number of esters is 1. The van der Waals surface area contributed by atoms with Gasteiger partial charge in [0.1, 0.15) is 5.69 Å². The van der Waals surface area contributed by atoms with Crippen LogP contribution in [-0.4, -0.2) is 44.3 Å². The maximum absolute atomic E-state index is 13.1. The van der Waals surface area contributed by atoms with Crippen LogP contribution < -0.4 is 0 Å². The third kappa shape index (κ3) is 3.56. The van der Waals surface area contributed by atoms with Gasteiger partial charge in [0.2, 0.25) is 0 Å². The standard InChI is InChI=1S/C20H26N4O3S/c1-10(2)27-19(26)16-12(4)17(21-14(16)6)18(25)23(7)9-15-13(5)22-20-24(15)8-11(3)28-20/h8,10,21H,9H2,1-7H3. The number of aromatic nitrogens is 3. The van der Waals surface area contributed by atoms with Crippen molar-refractivity contribution in [1.82, 2.24) is 19.3 Å². The number of hydrogen-bond donors (Lipinski definition) is 1. The molecular weight excluding hydrogens is 376 g/mol. The van der Waals surface area contributed by atoms with Crippen LogP contribution >= 0.6 is 11.3 Å². The molecule has 0 spiro atoms. The highest BCUT2D eigenvalue weighted by molar-refractivity contribution is 7.17. The lowest BCUT2D eigenvalue weighted by molar-refractivity contribution is 0.0376. The summed E-state index contributed by atoms with van der Waals surface area (Å²) < 4.78 is 7.35. The molecule has 0 aliphatic carbocycles. The number of carbonyl (C=O) groups is 2. The first-order chi connectivity index (χ1) is 13.1. The van der Waals surface area contributed by atoms with Gasteiger partial charge in [-0.2, -0.15) is 0 Å². The Kier molecular flexibility index (Phi) is 5.34. The number of imidazole rings is 1. The largest absolute Gasteiger partial charge is 0.459 e. The predicted octanol–water partition coefficient (Wildman–Crippen LogP) is 3.79. The van der Waals surface area contributed by atoms with Gasteiger partial charge in [0, 0.05) is 23.8 Å². The number of ether oxygens (including phenoxy) is 1. The number of hydrogen-bond acceptors (Lipinski definition) is 5. The molecule has 0 radical (unpaired) electrons. The lowest BCUT2D eigenvalue weighted by Crippen LogP contribution is -2.28. The first-order valence-corrected chi connectivity index (χ1v) is 10.0. The number of thiazole rings is 1. The Morgan fingerprint density at radius 1 is 1.29 bits per heavy atom. The van der Waals surface area contributed by atoms with Crippen molar-refractivity contribution in [3.05, 3.63) is 45.0 Å². The summed E-state index contributed by atoms with van der Waals surface area (Å²) in [5.41, 5.74) is 3.98. The third-order valence-corrected chi connectivity index (χ3v) is 5.57. The first-order valence-electron chi connectivity index (χ1n) is 9.19. The monoisotopic (exact) mass is 402 g/mol. The molecule has 7 nitrogen and oxygen atoms in total. The van der Waals surface area contributed by atoms with Crippen molar-refractivity contribution in [1.29, 1.82) is 0 Å². The normalized spacial score (nSPS) is 11.4. The summed E-state index contributed by atoms with van der Waals surface area (Å²) in [6.07, 6.45) is 1.82. The van der Waals surface area contributed by atoms with E-state index in [-0.39, 0.29) is 12.0 Å². The summed E-state index contributed by atoms with van der Waals surface area (Å²) in [6, 6.07) is 0. The van der Waals surface area contributed by atoms with Crippen molar-refractivity contribution in [3.63, 3.8) is 0 Å². The van der Waals surface area contributed by atoms with Gasteiger partial charge in [-0.05, 0) is 47.1 Å². The molecule has 28 heavy (non-hydrogen) atoms. The third-order valence-electron chi connectivity index (χ3n) is 4.67. The van der Waals surface area contributed by atoms with E-state index >= 15 is 0 Å². The summed E-state index contributed by atoms with van der Waals surface area (Å²) in [5, 5.41) is 0. The van der Waals surface area contributed by atoms with E-state index in [9.17, 15) is 9.59 Å². The molecule has 8 heteroatoms. The molecule has 0 saturated heterocycles. The molecule has 0 bridgehead atoms. The molecule has 0 fully saturated rings. The summed E-state index contributed by atoms with van der Waals surface area (Å²) in [4.78, 5) is 36.8. The van der Waals surface area contributed by atoms with Gasteiger partial charge in [0.25, 0.3) is 5.91 Å². The fraction of sp³-hybridized carbons (Fsp3) is 0.450. The Morgan fingerprint density at radius 2 is 1.96 bits per heavy atom. The highest BCUT2D eigenvalue weighted by atomic mass is 32.1. The van der Waals surface area contributed by atoms with Crippen molar-refractivity contribution >= 4 is 28.2 Å². The van der Waals surface area contributed by atoms with Gasteiger partial charge in [-0.3, -0.25) is 9.20 Å². The second-order valence-corrected chi connectivity index (χ2v) is 8.59. The predicted molar refractivity (Wildman–Crippen MR) is 109 cm³/mol. The Labute approximate surface area is 168 Å². The van der Waals surface area contributed by atoms with Crippen LogP contribution in [-0.2, 0) is 11.3 Å². The zero-order valence-electron chi connectivity index (χ0n) is 17.3. The number of rotatable bonds is 5. The maximum Gasteiger partial charge on any atom is 0.340 e. The zero-order valence-corrected chi connectivity index (χ0v) is 18.2. The molecule has 0 aromatic carbocycles. The van der Waals surface area contributed by atoms with E-state index < -0.39 is 5.97 Å². The van der Waals surface area contributed by atoms with Gasteiger partial charge in [0.15, 0.2) is 4.96 Å². The summed E-state index contributed by atoms with van der Waals surface area (Å²) in [6.45, 7) is 11.6. The second-order valence-electron chi connectivity index (χ2n) is 7.38. The maximum atomic E-state index is 13.1. The molecule has 0 saturated carbocycles. The molecule has 0 aliphatic heterocycles. The van der Waals surface area contributed by atoms with E-state index in [4.69, 9.17) is 4.74 Å². The van der Waals surface area contributed by atoms with Gasteiger partial charge in [-0.25, -0.2) is 9.78 Å². The SMILES string of the molecule is Cc1cn2c(CN(C)C(=O)c3[nH]c(C)c(C(=O)OC(C)C)c3C)c(C)nc2s1. The molecule has 0 unspecified atom stereocenters. The number of nitrogens with zero attached hydrogens (tertiary/aromatic N) is 3. The van der Waals surface area contributed by atoms with Gasteiger partial charge >= 0.3 is 5.97 Å². The van der Waals surface area contributed by atoms with Crippen LogP contribution in [0.15, 0.2) is 6.20 Å². The molecule has 3 aromatic heterocycles. The van der Waals surface area contributed by atoms with Crippen LogP contribution in [0.1, 0.15) is 62.2 Å². The molecule has 3 rings (SSSR count). The fourth-order valence-corrected chi connectivity index (χ4v) is 4.22. The quantitative estimate of drug-likeness (QED) is 0.659. The van der Waals surface area contributed by atoms with Crippen LogP contribution in [0.25, 0.3) is 4.96 Å². The summed E-state index contributed by atoms with van der Waals surface area (Å²) >= 11 is 1.63. The minimum atomic E-state index is -0.412. The van der Waals surface area contributed by atoms with E-state index in [0.29, 0.717) is 29.1 Å². The van der Waals surface area contributed by atoms with E-state index in [1.165, 1.54) is 4.88 Å². The number of H-pyrrole nitrogens is 1. The molecule has 1 amide bonds. The van der Waals surface area contributed by atoms with Crippen LogP contribution in [0.4, 0.5) is 0 Å². The Hall–Kier alpha value is -2.61. The van der Waals surface area contributed by atoms with Crippen LogP contribution in [0, 0.1) is 27.7 Å². The van der Waals surface area contributed by atoms with E-state index in [1.807, 2.05) is 24.4 Å². The number of nitrogens with one attached hydrogen (secondary N) is 1. The number of aryl methyl sites for hydroxylation is 3. The van der Waals surface area contributed by atoms with Crippen molar-refractivity contribution in [2.24, 2.45) is 0 Å². The zero-order chi connectivity index (χ0) is 20.7. The lowest BCUT2D eigenvalue weighted by Gasteiger charge is -2.17.